The minimum absolute atomic E-state index is 0.113. The second-order valence-electron chi connectivity index (χ2n) is 5.27. The molecule has 1 aliphatic rings. The highest BCUT2D eigenvalue weighted by Crippen LogP contribution is 2.28. The van der Waals surface area contributed by atoms with Crippen molar-refractivity contribution in [3.63, 3.8) is 0 Å². The lowest BCUT2D eigenvalue weighted by Crippen LogP contribution is -2.38. The van der Waals surface area contributed by atoms with Gasteiger partial charge in [0.15, 0.2) is 0 Å². The van der Waals surface area contributed by atoms with Gasteiger partial charge in [-0.15, -0.1) is 0 Å². The number of nitrogens with two attached hydrogens (primary N) is 1. The molecular formula is C16H24N2O3. The first-order valence-corrected chi connectivity index (χ1v) is 7.52. The summed E-state index contributed by atoms with van der Waals surface area (Å²) in [6.07, 6.45) is 0.798. The number of esters is 1. The summed E-state index contributed by atoms with van der Waals surface area (Å²) in [7, 11) is 0. The van der Waals surface area contributed by atoms with Gasteiger partial charge in [-0.2, -0.15) is 0 Å². The van der Waals surface area contributed by atoms with Crippen molar-refractivity contribution in [1.29, 1.82) is 0 Å². The molecule has 0 radical (unpaired) electrons. The molecule has 5 nitrogen and oxygen atoms in total. The molecule has 0 aromatic heterocycles. The van der Waals surface area contributed by atoms with Crippen LogP contribution in [0.15, 0.2) is 18.2 Å². The third kappa shape index (κ3) is 3.74. The summed E-state index contributed by atoms with van der Waals surface area (Å²) >= 11 is 0. The molecule has 2 N–H and O–H groups in total. The highest BCUT2D eigenvalue weighted by Gasteiger charge is 2.25. The summed E-state index contributed by atoms with van der Waals surface area (Å²) < 4.78 is 10.7. The van der Waals surface area contributed by atoms with E-state index >= 15 is 0 Å². The van der Waals surface area contributed by atoms with Crippen molar-refractivity contribution in [2.24, 2.45) is 0 Å². The fourth-order valence-electron chi connectivity index (χ4n) is 2.60. The van der Waals surface area contributed by atoms with Crippen LogP contribution in [-0.4, -0.2) is 43.8 Å². The number of rotatable bonds is 5. The zero-order valence-corrected chi connectivity index (χ0v) is 12.8. The fraction of sp³-hybridized carbons (Fsp3) is 0.562. The van der Waals surface area contributed by atoms with Crippen molar-refractivity contribution in [2.45, 2.75) is 26.3 Å². The SMILES string of the molecule is CCCOC(=O)c1c(N)cccc1C(C)N1CCOCC1. The maximum atomic E-state index is 12.3. The van der Waals surface area contributed by atoms with E-state index in [0.29, 0.717) is 17.9 Å². The molecule has 1 aromatic carbocycles. The molecule has 0 saturated carbocycles. The zero-order chi connectivity index (χ0) is 15.2. The van der Waals surface area contributed by atoms with Crippen LogP contribution in [0.2, 0.25) is 0 Å². The van der Waals surface area contributed by atoms with Crippen molar-refractivity contribution in [3.05, 3.63) is 29.3 Å². The van der Waals surface area contributed by atoms with Crippen LogP contribution < -0.4 is 5.73 Å². The first kappa shape index (κ1) is 15.8. The van der Waals surface area contributed by atoms with Crippen LogP contribution in [0.4, 0.5) is 5.69 Å². The Morgan fingerprint density at radius 1 is 1.43 bits per heavy atom. The number of hydrogen-bond acceptors (Lipinski definition) is 5. The van der Waals surface area contributed by atoms with E-state index in [1.807, 2.05) is 19.1 Å². The summed E-state index contributed by atoms with van der Waals surface area (Å²) in [5.74, 6) is -0.329. The molecule has 0 aliphatic carbocycles. The second-order valence-corrected chi connectivity index (χ2v) is 5.27. The molecule has 1 unspecified atom stereocenters. The number of nitrogens with zero attached hydrogens (tertiary/aromatic N) is 1. The summed E-state index contributed by atoms with van der Waals surface area (Å²) in [6.45, 7) is 7.65. The normalized spacial score (nSPS) is 17.4. The highest BCUT2D eigenvalue weighted by atomic mass is 16.5. The summed E-state index contributed by atoms with van der Waals surface area (Å²) in [6, 6.07) is 5.71. The quantitative estimate of drug-likeness (QED) is 0.666. The number of hydrogen-bond donors (Lipinski definition) is 1. The summed E-state index contributed by atoms with van der Waals surface area (Å²) in [5.41, 5.74) is 7.93. The van der Waals surface area contributed by atoms with Crippen LogP contribution in [0.3, 0.4) is 0 Å². The molecule has 1 fully saturated rings. The minimum Gasteiger partial charge on any atom is -0.462 e. The van der Waals surface area contributed by atoms with Crippen LogP contribution >= 0.6 is 0 Å². The second kappa shape index (κ2) is 7.43. The number of nitrogen functional groups attached to an aromatic ring is 1. The monoisotopic (exact) mass is 292 g/mol. The lowest BCUT2D eigenvalue weighted by Gasteiger charge is -2.33. The van der Waals surface area contributed by atoms with E-state index in [4.69, 9.17) is 15.2 Å². The van der Waals surface area contributed by atoms with Gasteiger partial charge in [-0.1, -0.05) is 19.1 Å². The van der Waals surface area contributed by atoms with Crippen molar-refractivity contribution < 1.29 is 14.3 Å². The van der Waals surface area contributed by atoms with Gasteiger partial charge in [0, 0.05) is 24.8 Å². The maximum Gasteiger partial charge on any atom is 0.340 e. The number of carbonyl (C=O) groups is 1. The van der Waals surface area contributed by atoms with Gasteiger partial charge in [0.25, 0.3) is 0 Å². The Labute approximate surface area is 126 Å². The predicted octanol–water partition coefficient (Wildman–Crippen LogP) is 2.23. The molecule has 0 bridgehead atoms. The van der Waals surface area contributed by atoms with Gasteiger partial charge in [-0.3, -0.25) is 4.90 Å². The Balaban J connectivity index is 2.25. The van der Waals surface area contributed by atoms with Crippen LogP contribution in [0.1, 0.15) is 42.2 Å². The van der Waals surface area contributed by atoms with Gasteiger partial charge >= 0.3 is 5.97 Å². The molecule has 0 amide bonds. The van der Waals surface area contributed by atoms with Crippen molar-refractivity contribution in [3.8, 4) is 0 Å². The van der Waals surface area contributed by atoms with Gasteiger partial charge < -0.3 is 15.2 Å². The topological polar surface area (TPSA) is 64.8 Å². The Morgan fingerprint density at radius 2 is 2.14 bits per heavy atom. The van der Waals surface area contributed by atoms with E-state index in [1.54, 1.807) is 6.07 Å². The van der Waals surface area contributed by atoms with Crippen molar-refractivity contribution in [2.75, 3.05) is 38.6 Å². The standard InChI is InChI=1S/C16H24N2O3/c1-3-9-21-16(19)15-13(5-4-6-14(15)17)12(2)18-7-10-20-11-8-18/h4-6,12H,3,7-11,17H2,1-2H3. The first-order valence-electron chi connectivity index (χ1n) is 7.52. The predicted molar refractivity (Wildman–Crippen MR) is 82.2 cm³/mol. The number of anilines is 1. The molecule has 1 aromatic rings. The van der Waals surface area contributed by atoms with Gasteiger partial charge in [0.2, 0.25) is 0 Å². The number of morpholine rings is 1. The van der Waals surface area contributed by atoms with Crippen LogP contribution in [0.25, 0.3) is 0 Å². The van der Waals surface area contributed by atoms with E-state index < -0.39 is 0 Å². The smallest absolute Gasteiger partial charge is 0.340 e. The summed E-state index contributed by atoms with van der Waals surface area (Å²) in [4.78, 5) is 14.6. The van der Waals surface area contributed by atoms with Gasteiger partial charge in [0.05, 0.1) is 25.4 Å². The van der Waals surface area contributed by atoms with Crippen LogP contribution in [0.5, 0.6) is 0 Å². The average molecular weight is 292 g/mol. The van der Waals surface area contributed by atoms with Gasteiger partial charge in [0.1, 0.15) is 0 Å². The maximum absolute atomic E-state index is 12.3. The van der Waals surface area contributed by atoms with E-state index in [2.05, 4.69) is 11.8 Å². The third-order valence-corrected chi connectivity index (χ3v) is 3.81. The largest absolute Gasteiger partial charge is 0.462 e. The molecule has 5 heteroatoms. The Morgan fingerprint density at radius 3 is 2.81 bits per heavy atom. The number of benzene rings is 1. The van der Waals surface area contributed by atoms with Crippen molar-refractivity contribution >= 4 is 11.7 Å². The van der Waals surface area contributed by atoms with Crippen LogP contribution in [-0.2, 0) is 9.47 Å². The Kier molecular flexibility index (Phi) is 5.59. The molecule has 1 heterocycles. The molecule has 116 valence electrons. The molecule has 2 rings (SSSR count). The molecule has 21 heavy (non-hydrogen) atoms. The average Bonchev–Trinajstić information content (AvgIpc) is 2.52. The number of ether oxygens (including phenoxy) is 2. The Bertz CT molecular complexity index is 484. The minimum atomic E-state index is -0.329. The molecule has 0 spiro atoms. The van der Waals surface area contributed by atoms with Gasteiger partial charge in [-0.25, -0.2) is 4.79 Å². The van der Waals surface area contributed by atoms with Crippen LogP contribution in [0, 0.1) is 0 Å². The van der Waals surface area contributed by atoms with E-state index in [1.165, 1.54) is 0 Å². The first-order chi connectivity index (χ1) is 10.1. The van der Waals surface area contributed by atoms with E-state index in [9.17, 15) is 4.79 Å². The Hall–Kier alpha value is -1.59. The van der Waals surface area contributed by atoms with Crippen molar-refractivity contribution in [1.82, 2.24) is 4.90 Å². The van der Waals surface area contributed by atoms with E-state index in [-0.39, 0.29) is 12.0 Å². The van der Waals surface area contributed by atoms with E-state index in [0.717, 1.165) is 38.3 Å². The lowest BCUT2D eigenvalue weighted by atomic mass is 9.98. The summed E-state index contributed by atoms with van der Waals surface area (Å²) in [5, 5.41) is 0. The third-order valence-electron chi connectivity index (χ3n) is 3.81. The molecule has 1 saturated heterocycles. The molecular weight excluding hydrogens is 268 g/mol. The fourth-order valence-corrected chi connectivity index (χ4v) is 2.60. The molecule has 1 atom stereocenters. The lowest BCUT2D eigenvalue weighted by molar-refractivity contribution is 0.0193. The van der Waals surface area contributed by atoms with Gasteiger partial charge in [-0.05, 0) is 25.0 Å². The highest BCUT2D eigenvalue weighted by molar-refractivity contribution is 5.96. The zero-order valence-electron chi connectivity index (χ0n) is 12.8. The molecule has 1 aliphatic heterocycles. The number of carbonyl (C=O) groups excluding carboxylic acids is 1.